The summed E-state index contributed by atoms with van der Waals surface area (Å²) in [6.45, 7) is 8.64. The molecule has 3 rings (SSSR count). The smallest absolute Gasteiger partial charge is 0.264 e. The number of carbonyl (C=O) groups is 2. The van der Waals surface area contributed by atoms with E-state index in [1.54, 1.807) is 49.4 Å². The van der Waals surface area contributed by atoms with Crippen LogP contribution >= 0.6 is 0 Å². The van der Waals surface area contributed by atoms with E-state index in [9.17, 15) is 22.4 Å². The normalized spacial score (nSPS) is 12.2. The van der Waals surface area contributed by atoms with E-state index in [1.807, 2.05) is 33.8 Å². The highest BCUT2D eigenvalue weighted by atomic mass is 32.2. The third kappa shape index (κ3) is 7.66. The van der Waals surface area contributed by atoms with Gasteiger partial charge in [-0.25, -0.2) is 12.8 Å². The monoisotopic (exact) mass is 553 g/mol. The van der Waals surface area contributed by atoms with Crippen molar-refractivity contribution in [3.8, 4) is 0 Å². The van der Waals surface area contributed by atoms with Crippen LogP contribution in [0.25, 0.3) is 0 Å². The molecule has 0 aliphatic heterocycles. The molecule has 3 aromatic carbocycles. The van der Waals surface area contributed by atoms with Crippen molar-refractivity contribution in [1.82, 2.24) is 10.2 Å². The van der Waals surface area contributed by atoms with Gasteiger partial charge in [-0.3, -0.25) is 13.9 Å². The van der Waals surface area contributed by atoms with Gasteiger partial charge in [-0.05, 0) is 87.2 Å². The molecule has 39 heavy (non-hydrogen) atoms. The number of rotatable bonds is 11. The van der Waals surface area contributed by atoms with Crippen molar-refractivity contribution >= 4 is 27.5 Å². The summed E-state index contributed by atoms with van der Waals surface area (Å²) in [4.78, 5) is 28.6. The van der Waals surface area contributed by atoms with E-state index in [0.29, 0.717) is 17.7 Å². The molecular weight excluding hydrogens is 517 g/mol. The Balaban J connectivity index is 2.08. The highest BCUT2D eigenvalue weighted by molar-refractivity contribution is 7.92. The summed E-state index contributed by atoms with van der Waals surface area (Å²) in [5.74, 6) is -1.31. The molecule has 0 unspecified atom stereocenters. The molecule has 0 aromatic heterocycles. The number of hydrogen-bond donors (Lipinski definition) is 1. The average molecular weight is 554 g/mol. The van der Waals surface area contributed by atoms with E-state index in [0.717, 1.165) is 15.4 Å². The van der Waals surface area contributed by atoms with Gasteiger partial charge in [0.2, 0.25) is 11.8 Å². The first kappa shape index (κ1) is 29.8. The van der Waals surface area contributed by atoms with Crippen molar-refractivity contribution in [2.75, 3.05) is 10.8 Å². The summed E-state index contributed by atoms with van der Waals surface area (Å²) in [6.07, 6.45) is 0.306. The van der Waals surface area contributed by atoms with Crippen molar-refractivity contribution in [3.05, 3.63) is 95.3 Å². The van der Waals surface area contributed by atoms with Gasteiger partial charge in [-0.15, -0.1) is 0 Å². The number of nitrogens with one attached hydrogen (secondary N) is 1. The van der Waals surface area contributed by atoms with Crippen LogP contribution in [-0.2, 0) is 26.2 Å². The lowest BCUT2D eigenvalue weighted by Crippen LogP contribution is -2.53. The van der Waals surface area contributed by atoms with Gasteiger partial charge in [-0.1, -0.05) is 43.3 Å². The Kier molecular flexibility index (Phi) is 9.86. The van der Waals surface area contributed by atoms with Crippen molar-refractivity contribution < 1.29 is 22.4 Å². The topological polar surface area (TPSA) is 86.8 Å². The van der Waals surface area contributed by atoms with E-state index < -0.39 is 34.3 Å². The quantitative estimate of drug-likeness (QED) is 0.363. The Morgan fingerprint density at radius 2 is 1.51 bits per heavy atom. The molecule has 0 saturated heterocycles. The summed E-state index contributed by atoms with van der Waals surface area (Å²) in [6, 6.07) is 17.9. The molecule has 0 aliphatic rings. The van der Waals surface area contributed by atoms with Crippen LogP contribution in [0.5, 0.6) is 0 Å². The Bertz CT molecular complexity index is 1370. The minimum atomic E-state index is -4.13. The number of hydrogen-bond acceptors (Lipinski definition) is 4. The molecule has 0 heterocycles. The molecule has 0 radical (unpaired) electrons. The van der Waals surface area contributed by atoms with E-state index in [-0.39, 0.29) is 23.4 Å². The maximum Gasteiger partial charge on any atom is 0.264 e. The third-order valence-corrected chi connectivity index (χ3v) is 7.98. The number of nitrogens with zero attached hydrogens (tertiary/aromatic N) is 2. The Hall–Kier alpha value is -3.72. The molecule has 7 nitrogen and oxygen atoms in total. The van der Waals surface area contributed by atoms with Gasteiger partial charge < -0.3 is 10.2 Å². The first-order valence-corrected chi connectivity index (χ1v) is 14.4. The lowest BCUT2D eigenvalue weighted by atomic mass is 10.1. The first-order valence-electron chi connectivity index (χ1n) is 12.9. The second-order valence-electron chi connectivity index (χ2n) is 9.91. The van der Waals surface area contributed by atoms with Crippen molar-refractivity contribution in [3.63, 3.8) is 0 Å². The fourth-order valence-electron chi connectivity index (χ4n) is 4.43. The lowest BCUT2D eigenvalue weighted by molar-refractivity contribution is -0.140. The summed E-state index contributed by atoms with van der Waals surface area (Å²) >= 11 is 0. The zero-order chi connectivity index (χ0) is 28.7. The number of benzene rings is 3. The first-order chi connectivity index (χ1) is 18.4. The predicted molar refractivity (Wildman–Crippen MR) is 151 cm³/mol. The molecule has 208 valence electrons. The van der Waals surface area contributed by atoms with Crippen LogP contribution in [0.3, 0.4) is 0 Å². The van der Waals surface area contributed by atoms with Crippen LogP contribution in [-0.4, -0.2) is 43.8 Å². The van der Waals surface area contributed by atoms with Crippen molar-refractivity contribution in [2.45, 2.75) is 64.6 Å². The van der Waals surface area contributed by atoms with Crippen LogP contribution in [0.1, 0.15) is 43.9 Å². The maximum absolute atomic E-state index is 14.0. The molecule has 0 bridgehead atoms. The zero-order valence-corrected chi connectivity index (χ0v) is 23.8. The molecule has 0 fully saturated rings. The molecule has 9 heteroatoms. The van der Waals surface area contributed by atoms with Crippen LogP contribution in [0, 0.1) is 19.7 Å². The molecule has 2 amide bonds. The minimum absolute atomic E-state index is 0.00913. The average Bonchev–Trinajstić information content (AvgIpc) is 2.87. The molecule has 0 spiro atoms. The Morgan fingerprint density at radius 1 is 0.923 bits per heavy atom. The van der Waals surface area contributed by atoms with Crippen molar-refractivity contribution in [1.29, 1.82) is 0 Å². The number of sulfonamides is 1. The number of anilines is 1. The van der Waals surface area contributed by atoms with E-state index in [2.05, 4.69) is 5.32 Å². The van der Waals surface area contributed by atoms with Gasteiger partial charge in [0.1, 0.15) is 18.4 Å². The van der Waals surface area contributed by atoms with Gasteiger partial charge in [0.25, 0.3) is 10.0 Å². The fourth-order valence-corrected chi connectivity index (χ4v) is 5.85. The number of halogens is 1. The maximum atomic E-state index is 14.0. The number of aryl methyl sites for hydroxylation is 2. The fraction of sp³-hybridized carbons (Fsp3) is 0.333. The van der Waals surface area contributed by atoms with Crippen molar-refractivity contribution in [2.24, 2.45) is 0 Å². The zero-order valence-electron chi connectivity index (χ0n) is 23.0. The van der Waals surface area contributed by atoms with E-state index in [1.165, 1.54) is 29.2 Å². The molecule has 0 aliphatic carbocycles. The standard InChI is InChI=1S/C30H36FN3O4S/c1-6-28(30(36)32-21(2)3)33(19-24-12-14-25(31)15-13-24)29(35)20-34(26-17-22(4)16-23(5)18-26)39(37,38)27-10-8-7-9-11-27/h7-18,21,28H,6,19-20H2,1-5H3,(H,32,36)/t28-/m0/s1. The minimum Gasteiger partial charge on any atom is -0.352 e. The van der Waals surface area contributed by atoms with E-state index in [4.69, 9.17) is 0 Å². The lowest BCUT2D eigenvalue weighted by Gasteiger charge is -2.33. The Labute approximate surface area is 230 Å². The molecule has 1 atom stereocenters. The highest BCUT2D eigenvalue weighted by Crippen LogP contribution is 2.27. The van der Waals surface area contributed by atoms with E-state index >= 15 is 0 Å². The second-order valence-corrected chi connectivity index (χ2v) is 11.8. The largest absolute Gasteiger partial charge is 0.352 e. The van der Waals surface area contributed by atoms with Crippen LogP contribution in [0.4, 0.5) is 10.1 Å². The summed E-state index contributed by atoms with van der Waals surface area (Å²) < 4.78 is 42.4. The Morgan fingerprint density at radius 3 is 2.05 bits per heavy atom. The molecule has 0 saturated carbocycles. The van der Waals surface area contributed by atoms with Crippen LogP contribution in [0.15, 0.2) is 77.7 Å². The van der Waals surface area contributed by atoms with Gasteiger partial charge in [0.15, 0.2) is 0 Å². The highest BCUT2D eigenvalue weighted by Gasteiger charge is 2.34. The summed E-state index contributed by atoms with van der Waals surface area (Å²) in [7, 11) is -4.13. The third-order valence-electron chi connectivity index (χ3n) is 6.19. The summed E-state index contributed by atoms with van der Waals surface area (Å²) in [5.41, 5.74) is 2.66. The van der Waals surface area contributed by atoms with Crippen LogP contribution < -0.4 is 9.62 Å². The van der Waals surface area contributed by atoms with Gasteiger partial charge in [0, 0.05) is 12.6 Å². The second kappa shape index (κ2) is 12.9. The SMILES string of the molecule is CC[C@@H](C(=O)NC(C)C)N(Cc1ccc(F)cc1)C(=O)CN(c1cc(C)cc(C)c1)S(=O)(=O)c1ccccc1. The molecule has 1 N–H and O–H groups in total. The van der Waals surface area contributed by atoms with Gasteiger partial charge in [0.05, 0.1) is 10.6 Å². The predicted octanol–water partition coefficient (Wildman–Crippen LogP) is 4.97. The van der Waals surface area contributed by atoms with Gasteiger partial charge in [-0.2, -0.15) is 0 Å². The molecular formula is C30H36FN3O4S. The van der Waals surface area contributed by atoms with Gasteiger partial charge >= 0.3 is 0 Å². The number of amides is 2. The molecule has 3 aromatic rings. The summed E-state index contributed by atoms with van der Waals surface area (Å²) in [5, 5.41) is 2.86. The van der Waals surface area contributed by atoms with Crippen LogP contribution in [0.2, 0.25) is 0 Å². The number of carbonyl (C=O) groups excluding carboxylic acids is 2.